The Balaban J connectivity index is 0.00000108. The summed E-state index contributed by atoms with van der Waals surface area (Å²) in [5.41, 5.74) is 4.56. The van der Waals surface area contributed by atoms with Crippen LogP contribution in [-0.2, 0) is 29.7 Å². The first-order valence-electron chi connectivity index (χ1n) is 13.4. The van der Waals surface area contributed by atoms with Gasteiger partial charge in [0.2, 0.25) is 5.91 Å². The van der Waals surface area contributed by atoms with Crippen molar-refractivity contribution in [2.75, 3.05) is 13.2 Å². The average Bonchev–Trinajstić information content (AvgIpc) is 3.56. The Bertz CT molecular complexity index is 1620. The Kier molecular flexibility index (Phi) is 10.3. The van der Waals surface area contributed by atoms with E-state index in [-0.39, 0.29) is 25.0 Å². The molecule has 41 heavy (non-hydrogen) atoms. The molecule has 0 aliphatic rings. The zero-order valence-electron chi connectivity index (χ0n) is 24.3. The fraction of sp³-hybridized carbons (Fsp3) is 0.464. The molecule has 0 unspecified atom stereocenters. The molecule has 3 heterocycles. The highest BCUT2D eigenvalue weighted by Gasteiger charge is 2.35. The van der Waals surface area contributed by atoms with E-state index in [0.29, 0.717) is 33.7 Å². The van der Waals surface area contributed by atoms with Crippen LogP contribution in [0.5, 0.6) is 0 Å². The largest absolute Gasteiger partial charge is 0.395 e. The van der Waals surface area contributed by atoms with E-state index in [2.05, 4.69) is 15.5 Å². The van der Waals surface area contributed by atoms with Crippen LogP contribution < -0.4 is 22.3 Å². The van der Waals surface area contributed by atoms with E-state index >= 15 is 0 Å². The summed E-state index contributed by atoms with van der Waals surface area (Å²) in [4.78, 5) is 42.8. The molecule has 0 saturated heterocycles. The SMILES string of the molecule is CCc1ccc(F)cc1CCn1c(=O)n(C(C)(C)C(=O)NC(C)C)c(=O)c2c(C)c(-n3nccn3)sc21.NCCO. The van der Waals surface area contributed by atoms with Crippen molar-refractivity contribution in [3.63, 3.8) is 0 Å². The molecule has 0 radical (unpaired) electrons. The number of nitrogens with one attached hydrogen (secondary N) is 1. The number of halogens is 1. The number of aromatic nitrogens is 5. The lowest BCUT2D eigenvalue weighted by molar-refractivity contribution is -0.129. The Morgan fingerprint density at radius 1 is 1.20 bits per heavy atom. The first-order chi connectivity index (χ1) is 19.4. The van der Waals surface area contributed by atoms with Crippen molar-refractivity contribution in [2.45, 2.75) is 72.5 Å². The quantitative estimate of drug-likeness (QED) is 0.272. The molecule has 4 N–H and O–H groups in total. The highest BCUT2D eigenvalue weighted by atomic mass is 32.1. The van der Waals surface area contributed by atoms with E-state index in [0.717, 1.165) is 22.1 Å². The third kappa shape index (κ3) is 6.63. The lowest BCUT2D eigenvalue weighted by Crippen LogP contribution is -2.56. The van der Waals surface area contributed by atoms with Crippen LogP contribution in [0, 0.1) is 12.7 Å². The number of amides is 1. The minimum absolute atomic E-state index is 0.0972. The van der Waals surface area contributed by atoms with Crippen molar-refractivity contribution in [3.8, 4) is 5.00 Å². The molecule has 4 aromatic rings. The van der Waals surface area contributed by atoms with E-state index in [1.165, 1.54) is 45.2 Å². The topological polar surface area (TPSA) is 150 Å². The van der Waals surface area contributed by atoms with E-state index in [1.807, 2.05) is 20.8 Å². The van der Waals surface area contributed by atoms with Crippen LogP contribution in [0.1, 0.15) is 51.3 Å². The summed E-state index contributed by atoms with van der Waals surface area (Å²) in [6.07, 6.45) is 4.16. The fourth-order valence-corrected chi connectivity index (χ4v) is 5.72. The summed E-state index contributed by atoms with van der Waals surface area (Å²) >= 11 is 1.24. The van der Waals surface area contributed by atoms with Gasteiger partial charge >= 0.3 is 5.69 Å². The van der Waals surface area contributed by atoms with Crippen molar-refractivity contribution in [1.82, 2.24) is 29.4 Å². The molecule has 0 atom stereocenters. The number of thiophene rings is 1. The number of hydrogen-bond acceptors (Lipinski definition) is 8. The Morgan fingerprint density at radius 2 is 1.83 bits per heavy atom. The van der Waals surface area contributed by atoms with Crippen LogP contribution >= 0.6 is 11.3 Å². The molecule has 13 heteroatoms. The number of rotatable bonds is 9. The maximum Gasteiger partial charge on any atom is 0.333 e. The summed E-state index contributed by atoms with van der Waals surface area (Å²) in [7, 11) is 0. The monoisotopic (exact) mass is 587 g/mol. The van der Waals surface area contributed by atoms with Crippen LogP contribution in [0.4, 0.5) is 4.39 Å². The van der Waals surface area contributed by atoms with Gasteiger partial charge in [0, 0.05) is 24.7 Å². The molecule has 3 aromatic heterocycles. The van der Waals surface area contributed by atoms with Gasteiger partial charge in [-0.1, -0.05) is 24.3 Å². The van der Waals surface area contributed by atoms with E-state index in [9.17, 15) is 18.8 Å². The van der Waals surface area contributed by atoms with Gasteiger partial charge in [-0.25, -0.2) is 13.8 Å². The van der Waals surface area contributed by atoms with Gasteiger partial charge in [-0.05, 0) is 70.7 Å². The number of benzene rings is 1. The van der Waals surface area contributed by atoms with Crippen molar-refractivity contribution < 1.29 is 14.3 Å². The van der Waals surface area contributed by atoms with Gasteiger partial charge in [0.25, 0.3) is 5.56 Å². The second kappa shape index (κ2) is 13.3. The highest BCUT2D eigenvalue weighted by molar-refractivity contribution is 7.21. The summed E-state index contributed by atoms with van der Waals surface area (Å²) in [6, 6.07) is 4.49. The molecule has 11 nitrogen and oxygen atoms in total. The van der Waals surface area contributed by atoms with Crippen molar-refractivity contribution in [2.24, 2.45) is 5.73 Å². The third-order valence-corrected chi connectivity index (χ3v) is 7.89. The molecule has 4 rings (SSSR count). The fourth-order valence-electron chi connectivity index (χ4n) is 4.48. The van der Waals surface area contributed by atoms with Gasteiger partial charge in [-0.15, -0.1) is 4.80 Å². The second-order valence-corrected chi connectivity index (χ2v) is 11.3. The molecular weight excluding hydrogens is 549 g/mol. The minimum Gasteiger partial charge on any atom is -0.395 e. The third-order valence-electron chi connectivity index (χ3n) is 6.61. The number of aliphatic hydroxyl groups excluding tert-OH is 1. The number of fused-ring (bicyclic) bond motifs is 1. The van der Waals surface area contributed by atoms with Crippen molar-refractivity contribution >= 4 is 27.5 Å². The number of aryl methyl sites for hydroxylation is 4. The molecule has 0 fully saturated rings. The molecule has 1 aromatic carbocycles. The lowest BCUT2D eigenvalue weighted by Gasteiger charge is -2.27. The number of nitrogens with two attached hydrogens (primary N) is 1. The predicted octanol–water partition coefficient (Wildman–Crippen LogP) is 2.26. The molecule has 0 aliphatic carbocycles. The molecule has 0 saturated carbocycles. The Hall–Kier alpha value is -3.68. The minimum atomic E-state index is -1.46. The molecule has 0 aliphatic heterocycles. The van der Waals surface area contributed by atoms with Crippen LogP contribution in [-0.4, -0.2) is 54.3 Å². The normalized spacial score (nSPS) is 11.6. The summed E-state index contributed by atoms with van der Waals surface area (Å²) < 4.78 is 16.6. The number of aliphatic hydroxyl groups is 1. The van der Waals surface area contributed by atoms with Crippen LogP contribution in [0.25, 0.3) is 15.2 Å². The highest BCUT2D eigenvalue weighted by Crippen LogP contribution is 2.31. The second-order valence-electron chi connectivity index (χ2n) is 10.3. The molecule has 222 valence electrons. The number of nitrogens with zero attached hydrogens (tertiary/aromatic N) is 5. The Morgan fingerprint density at radius 3 is 2.39 bits per heavy atom. The molecular formula is C28H38FN7O4S. The first kappa shape index (κ1) is 31.8. The van der Waals surface area contributed by atoms with Crippen molar-refractivity contribution in [3.05, 3.63) is 73.9 Å². The van der Waals surface area contributed by atoms with Gasteiger partial charge in [0.15, 0.2) is 0 Å². The van der Waals surface area contributed by atoms with Gasteiger partial charge in [-0.2, -0.15) is 10.2 Å². The van der Waals surface area contributed by atoms with Gasteiger partial charge in [-0.3, -0.25) is 14.2 Å². The van der Waals surface area contributed by atoms with Gasteiger partial charge < -0.3 is 16.2 Å². The maximum absolute atomic E-state index is 14.0. The van der Waals surface area contributed by atoms with Gasteiger partial charge in [0.05, 0.1) is 24.4 Å². The van der Waals surface area contributed by atoms with Crippen molar-refractivity contribution in [1.29, 1.82) is 0 Å². The molecule has 0 bridgehead atoms. The Labute approximate surface area is 241 Å². The maximum atomic E-state index is 14.0. The number of carbonyl (C=O) groups is 1. The lowest BCUT2D eigenvalue weighted by atomic mass is 10.0. The van der Waals surface area contributed by atoms with Gasteiger partial charge in [0.1, 0.15) is 21.2 Å². The van der Waals surface area contributed by atoms with Crippen LogP contribution in [0.15, 0.2) is 40.2 Å². The van der Waals surface area contributed by atoms with E-state index in [1.54, 1.807) is 26.8 Å². The zero-order chi connectivity index (χ0) is 30.5. The molecule has 1 amide bonds. The average molecular weight is 588 g/mol. The molecule has 0 spiro atoms. The predicted molar refractivity (Wildman–Crippen MR) is 158 cm³/mol. The van der Waals surface area contributed by atoms with Crippen LogP contribution in [0.2, 0.25) is 0 Å². The standard InChI is InChI=1S/C26H31FN6O3S.C2H7NO/c1-7-17-8-9-19(27)14-18(17)10-13-31-23-20(16(4)22(37-23)33-28-11-12-29-33)21(34)32(25(31)36)26(5,6)24(35)30-15(2)3;3-1-2-4/h8-9,11-12,14-15H,7,10,13H2,1-6H3,(H,30,35);4H,1-3H2. The zero-order valence-corrected chi connectivity index (χ0v) is 25.1. The summed E-state index contributed by atoms with van der Waals surface area (Å²) in [6.45, 7) is 11.2. The van der Waals surface area contributed by atoms with E-state index < -0.39 is 22.7 Å². The number of carbonyl (C=O) groups excluding carboxylic acids is 1. The number of hydrogen-bond donors (Lipinski definition) is 3. The smallest absolute Gasteiger partial charge is 0.333 e. The summed E-state index contributed by atoms with van der Waals surface area (Å²) in [5, 5.41) is 19.9. The summed E-state index contributed by atoms with van der Waals surface area (Å²) in [5.74, 6) is -0.784. The first-order valence-corrected chi connectivity index (χ1v) is 14.3. The van der Waals surface area contributed by atoms with Crippen LogP contribution in [0.3, 0.4) is 0 Å². The van der Waals surface area contributed by atoms with E-state index in [4.69, 9.17) is 10.8 Å².